The summed E-state index contributed by atoms with van der Waals surface area (Å²) in [6.07, 6.45) is 18.9. The molecule has 0 amide bonds. The molecule has 0 atom stereocenters. The zero-order valence-corrected chi connectivity index (χ0v) is 27.0. The molecular weight excluding hydrogens is 544 g/mol. The number of benzene rings is 1. The second kappa shape index (κ2) is 17.0. The Morgan fingerprint density at radius 1 is 0.738 bits per heavy atom. The third-order valence-electron chi connectivity index (χ3n) is 8.87. The first kappa shape index (κ1) is 31.8. The van der Waals surface area contributed by atoms with Crippen LogP contribution in [0.15, 0.2) is 33.9 Å². The van der Waals surface area contributed by atoms with Gasteiger partial charge < -0.3 is 9.15 Å². The molecule has 8 nitrogen and oxygen atoms in total. The predicted octanol–water partition coefficient (Wildman–Crippen LogP) is 7.27. The van der Waals surface area contributed by atoms with Gasteiger partial charge in [0.05, 0.1) is 26.6 Å². The van der Waals surface area contributed by atoms with Crippen LogP contribution in [0, 0.1) is 0 Å². The van der Waals surface area contributed by atoms with Crippen molar-refractivity contribution in [2.24, 2.45) is 0 Å². The Hall–Kier alpha value is -1.65. The summed E-state index contributed by atoms with van der Waals surface area (Å²) in [5, 5.41) is 9.21. The van der Waals surface area contributed by atoms with E-state index in [1.54, 1.807) is 11.8 Å². The molecule has 4 bridgehead atoms. The van der Waals surface area contributed by atoms with Crippen LogP contribution >= 0.6 is 11.8 Å². The van der Waals surface area contributed by atoms with Gasteiger partial charge in [-0.05, 0) is 43.5 Å². The van der Waals surface area contributed by atoms with Gasteiger partial charge in [0.2, 0.25) is 5.89 Å². The summed E-state index contributed by atoms with van der Waals surface area (Å²) in [6.45, 7) is 11.2. The number of aromatic nitrogens is 2. The van der Waals surface area contributed by atoms with Gasteiger partial charge in [-0.15, -0.1) is 10.2 Å². The van der Waals surface area contributed by atoms with E-state index in [-0.39, 0.29) is 0 Å². The van der Waals surface area contributed by atoms with Crippen LogP contribution in [-0.4, -0.2) is 81.8 Å². The molecule has 0 unspecified atom stereocenters. The molecule has 0 N–H and O–H groups in total. The molecule has 234 valence electrons. The fraction of sp³-hybridized carbons (Fsp3) is 0.758. The van der Waals surface area contributed by atoms with E-state index >= 15 is 0 Å². The van der Waals surface area contributed by atoms with Crippen LogP contribution in [0.25, 0.3) is 0 Å². The number of nitrogens with zero attached hydrogens (tertiary/aromatic N) is 6. The van der Waals surface area contributed by atoms with Gasteiger partial charge in [0.1, 0.15) is 32.3 Å². The summed E-state index contributed by atoms with van der Waals surface area (Å²) in [5.74, 6) is 2.91. The number of aryl methyl sites for hydroxylation is 1. The monoisotopic (exact) mass is 599 g/mol. The normalized spacial score (nSPS) is 24.5. The van der Waals surface area contributed by atoms with Gasteiger partial charge in [-0.25, -0.2) is 14.7 Å². The Kier molecular flexibility index (Phi) is 12.9. The molecule has 42 heavy (non-hydrogen) atoms. The van der Waals surface area contributed by atoms with Gasteiger partial charge in [-0.3, -0.25) is 4.48 Å². The average Bonchev–Trinajstić information content (AvgIpc) is 3.43. The van der Waals surface area contributed by atoms with Crippen LogP contribution in [0.4, 0.5) is 0 Å². The highest BCUT2D eigenvalue weighted by Crippen LogP contribution is 2.31. The van der Waals surface area contributed by atoms with E-state index in [0.717, 1.165) is 79.5 Å². The summed E-state index contributed by atoms with van der Waals surface area (Å²) in [5.41, 5.74) is 1.42. The van der Waals surface area contributed by atoms with Crippen LogP contribution in [0.5, 0.6) is 5.75 Å². The molecule has 4 fully saturated rings. The minimum absolute atomic E-state index is 0.752. The third kappa shape index (κ3) is 10.2. The molecule has 6 rings (SSSR count). The first-order valence-corrected chi connectivity index (χ1v) is 17.9. The summed E-state index contributed by atoms with van der Waals surface area (Å²) < 4.78 is 13.0. The first-order valence-electron chi connectivity index (χ1n) is 16.9. The Bertz CT molecular complexity index is 997. The fourth-order valence-corrected chi connectivity index (χ4v) is 7.73. The van der Waals surface area contributed by atoms with Crippen LogP contribution < -0.4 is 4.74 Å². The van der Waals surface area contributed by atoms with Crippen molar-refractivity contribution in [3.05, 3.63) is 35.7 Å². The second-order valence-corrected chi connectivity index (χ2v) is 14.1. The molecule has 0 aliphatic carbocycles. The van der Waals surface area contributed by atoms with Gasteiger partial charge in [-0.1, -0.05) is 89.3 Å². The third-order valence-corrected chi connectivity index (χ3v) is 9.77. The van der Waals surface area contributed by atoms with Gasteiger partial charge >= 0.3 is 0 Å². The lowest BCUT2D eigenvalue weighted by atomic mass is 10.1. The summed E-state index contributed by atoms with van der Waals surface area (Å²) in [7, 11) is 0. The maximum absolute atomic E-state index is 6.05. The lowest BCUT2D eigenvalue weighted by Crippen LogP contribution is -2.78. The highest BCUT2D eigenvalue weighted by Gasteiger charge is 2.48. The molecular formula is C33H55N6O2S+. The molecule has 0 spiro atoms. The molecule has 4 aliphatic rings. The maximum Gasteiger partial charge on any atom is 0.276 e. The Balaban J connectivity index is 0.827. The van der Waals surface area contributed by atoms with Crippen molar-refractivity contribution >= 4 is 11.8 Å². The largest absolute Gasteiger partial charge is 0.494 e. The van der Waals surface area contributed by atoms with Crippen molar-refractivity contribution in [1.82, 2.24) is 24.9 Å². The van der Waals surface area contributed by atoms with Gasteiger partial charge in [0.25, 0.3) is 5.22 Å². The molecule has 4 aliphatic heterocycles. The number of unbranched alkanes of at least 4 members (excludes halogenated alkanes) is 12. The second-order valence-electron chi connectivity index (χ2n) is 13.0. The number of thioether (sulfide) groups is 1. The van der Waals surface area contributed by atoms with E-state index in [0.29, 0.717) is 0 Å². The summed E-state index contributed by atoms with van der Waals surface area (Å²) >= 11 is 1.72. The zero-order valence-electron chi connectivity index (χ0n) is 26.2. The number of hydrogen-bond acceptors (Lipinski definition) is 8. The van der Waals surface area contributed by atoms with Gasteiger partial charge in [0.15, 0.2) is 0 Å². The lowest BCUT2D eigenvalue weighted by molar-refractivity contribution is -0.991. The molecule has 5 heterocycles. The zero-order chi connectivity index (χ0) is 28.9. The van der Waals surface area contributed by atoms with Crippen molar-refractivity contribution in [3.8, 4) is 5.75 Å². The van der Waals surface area contributed by atoms with Crippen LogP contribution in [-0.2, 0) is 13.0 Å². The summed E-state index contributed by atoms with van der Waals surface area (Å²) in [4.78, 5) is 7.74. The number of hydrogen-bond donors (Lipinski definition) is 0. The minimum Gasteiger partial charge on any atom is -0.494 e. The van der Waals surface area contributed by atoms with E-state index in [1.165, 1.54) is 103 Å². The molecule has 0 radical (unpaired) electrons. The van der Waals surface area contributed by atoms with Crippen molar-refractivity contribution < 1.29 is 13.6 Å². The smallest absolute Gasteiger partial charge is 0.276 e. The highest BCUT2D eigenvalue weighted by atomic mass is 32.2. The number of rotatable bonds is 22. The maximum atomic E-state index is 6.05. The SMILES string of the molecule is CCCCCCCCSc1nnc(CCCCCCCCCCOc2ccc(C[N+]34CN5CN(CN(C5)C3)C4)cc2)o1. The van der Waals surface area contributed by atoms with Crippen molar-refractivity contribution in [1.29, 1.82) is 0 Å². The van der Waals surface area contributed by atoms with Crippen molar-refractivity contribution in [2.75, 3.05) is 52.4 Å². The quantitative estimate of drug-likeness (QED) is 0.0796. The van der Waals surface area contributed by atoms with E-state index in [2.05, 4.69) is 56.1 Å². The standard InChI is InChI=1S/C33H55N6O2S/c1-2-3-4-5-12-15-22-42-33-35-34-32(41-33)16-13-10-8-6-7-9-11-14-21-40-31-19-17-30(18-20-31)23-39-27-36-24-37(28-39)26-38(25-36)29-39/h17-20H,2-16,21-29H2,1H3/q+1. The molecule has 1 aromatic carbocycles. The number of quaternary nitrogens is 1. The Morgan fingerprint density at radius 2 is 1.33 bits per heavy atom. The van der Waals surface area contributed by atoms with Crippen LogP contribution in [0.2, 0.25) is 0 Å². The Morgan fingerprint density at radius 3 is 2.00 bits per heavy atom. The summed E-state index contributed by atoms with van der Waals surface area (Å²) in [6, 6.07) is 8.90. The molecule has 0 saturated carbocycles. The van der Waals surface area contributed by atoms with Crippen molar-refractivity contribution in [3.63, 3.8) is 0 Å². The fourth-order valence-electron chi connectivity index (χ4n) is 6.95. The van der Waals surface area contributed by atoms with E-state index in [9.17, 15) is 0 Å². The lowest BCUT2D eigenvalue weighted by Gasteiger charge is -2.60. The van der Waals surface area contributed by atoms with Crippen LogP contribution in [0.3, 0.4) is 0 Å². The minimum atomic E-state index is 0.752. The van der Waals surface area contributed by atoms with Crippen LogP contribution in [0.1, 0.15) is 108 Å². The van der Waals surface area contributed by atoms with Gasteiger partial charge in [-0.2, -0.15) is 0 Å². The van der Waals surface area contributed by atoms with E-state index < -0.39 is 0 Å². The average molecular weight is 600 g/mol. The molecule has 1 aromatic heterocycles. The molecule has 9 heteroatoms. The van der Waals surface area contributed by atoms with E-state index in [1.807, 2.05) is 0 Å². The first-order chi connectivity index (χ1) is 20.7. The van der Waals surface area contributed by atoms with Crippen molar-refractivity contribution in [2.45, 2.75) is 115 Å². The Labute approximate surface area is 258 Å². The highest BCUT2D eigenvalue weighted by molar-refractivity contribution is 7.99. The molecule has 4 saturated heterocycles. The predicted molar refractivity (Wildman–Crippen MR) is 170 cm³/mol. The van der Waals surface area contributed by atoms with Gasteiger partial charge in [0, 0.05) is 17.7 Å². The van der Waals surface area contributed by atoms with E-state index in [4.69, 9.17) is 9.15 Å². The topological polar surface area (TPSA) is 57.9 Å². The number of ether oxygens (including phenoxy) is 1. The molecule has 2 aromatic rings.